The van der Waals surface area contributed by atoms with E-state index < -0.39 is 0 Å². The Bertz CT molecular complexity index is 739. The summed E-state index contributed by atoms with van der Waals surface area (Å²) in [5, 5.41) is 5.98. The molecule has 0 saturated heterocycles. The standard InChI is InChI=1S/C20H24N2O2S2/c1-5-17(23)21-19-13(3)9-7-11-15(19)25-26-16-12-8-10-14(4)20(16)22-18(24)6-2/h7-12H,5-6H2,1-4H3,(H,21,23)(H,22,24). The molecule has 0 aromatic heterocycles. The third-order valence-corrected chi connectivity index (χ3v) is 6.31. The van der Waals surface area contributed by atoms with Crippen LogP contribution < -0.4 is 10.6 Å². The van der Waals surface area contributed by atoms with E-state index in [2.05, 4.69) is 10.6 Å². The van der Waals surface area contributed by atoms with E-state index in [1.807, 2.05) is 64.1 Å². The van der Waals surface area contributed by atoms with E-state index in [1.165, 1.54) is 0 Å². The van der Waals surface area contributed by atoms with Crippen LogP contribution >= 0.6 is 21.6 Å². The molecule has 2 aromatic carbocycles. The molecule has 0 saturated carbocycles. The SMILES string of the molecule is CCC(=O)Nc1c(C)cccc1SSc1cccc(C)c1NC(=O)CC. The number of carbonyl (C=O) groups is 2. The maximum absolute atomic E-state index is 11.8. The van der Waals surface area contributed by atoms with Gasteiger partial charge >= 0.3 is 0 Å². The Morgan fingerprint density at radius 1 is 0.769 bits per heavy atom. The zero-order valence-electron chi connectivity index (χ0n) is 15.5. The minimum absolute atomic E-state index is 0.00222. The number of hydrogen-bond acceptors (Lipinski definition) is 4. The summed E-state index contributed by atoms with van der Waals surface area (Å²) in [7, 11) is 3.15. The molecule has 2 N–H and O–H groups in total. The van der Waals surface area contributed by atoms with Gasteiger partial charge in [0.2, 0.25) is 11.8 Å². The first-order valence-electron chi connectivity index (χ1n) is 8.59. The van der Waals surface area contributed by atoms with Crippen LogP contribution in [0.3, 0.4) is 0 Å². The van der Waals surface area contributed by atoms with Crippen molar-refractivity contribution >= 4 is 44.8 Å². The maximum Gasteiger partial charge on any atom is 0.224 e. The van der Waals surface area contributed by atoms with Crippen LogP contribution in [0.25, 0.3) is 0 Å². The summed E-state index contributed by atoms with van der Waals surface area (Å²) in [4.78, 5) is 25.7. The molecule has 2 amide bonds. The van der Waals surface area contributed by atoms with Crippen LogP contribution in [0.2, 0.25) is 0 Å². The van der Waals surface area contributed by atoms with Crippen molar-refractivity contribution in [2.24, 2.45) is 0 Å². The highest BCUT2D eigenvalue weighted by atomic mass is 33.1. The number of carbonyl (C=O) groups excluding carboxylic acids is 2. The monoisotopic (exact) mass is 388 g/mol. The van der Waals surface area contributed by atoms with Crippen LogP contribution in [0.15, 0.2) is 46.2 Å². The van der Waals surface area contributed by atoms with Crippen LogP contribution in [0.5, 0.6) is 0 Å². The van der Waals surface area contributed by atoms with E-state index in [-0.39, 0.29) is 11.8 Å². The quantitative estimate of drug-likeness (QED) is 0.589. The van der Waals surface area contributed by atoms with Gasteiger partial charge in [0.25, 0.3) is 0 Å². The van der Waals surface area contributed by atoms with Gasteiger partial charge < -0.3 is 10.6 Å². The van der Waals surface area contributed by atoms with Crippen molar-refractivity contribution in [2.45, 2.75) is 50.3 Å². The molecule has 0 atom stereocenters. The number of amides is 2. The summed E-state index contributed by atoms with van der Waals surface area (Å²) in [5.74, 6) is -0.00444. The molecule has 0 spiro atoms. The molecule has 0 aliphatic rings. The molecule has 0 bridgehead atoms. The van der Waals surface area contributed by atoms with Gasteiger partial charge in [0.15, 0.2) is 0 Å². The van der Waals surface area contributed by atoms with Crippen LogP contribution in [0, 0.1) is 13.8 Å². The number of aryl methyl sites for hydroxylation is 2. The number of hydrogen-bond donors (Lipinski definition) is 2. The lowest BCUT2D eigenvalue weighted by Gasteiger charge is -2.15. The van der Waals surface area contributed by atoms with E-state index in [1.54, 1.807) is 21.6 Å². The lowest BCUT2D eigenvalue weighted by atomic mass is 10.2. The lowest BCUT2D eigenvalue weighted by molar-refractivity contribution is -0.116. The van der Waals surface area contributed by atoms with E-state index in [9.17, 15) is 9.59 Å². The topological polar surface area (TPSA) is 58.2 Å². The molecule has 0 radical (unpaired) electrons. The Labute approximate surface area is 162 Å². The predicted molar refractivity (Wildman–Crippen MR) is 112 cm³/mol. The Hall–Kier alpha value is -1.92. The van der Waals surface area contributed by atoms with Gasteiger partial charge in [-0.05, 0) is 37.1 Å². The minimum Gasteiger partial charge on any atom is -0.325 e. The Kier molecular flexibility index (Phi) is 7.60. The molecule has 0 aliphatic carbocycles. The first-order valence-corrected chi connectivity index (χ1v) is 10.7. The largest absolute Gasteiger partial charge is 0.325 e. The van der Waals surface area contributed by atoms with Crippen LogP contribution in [-0.2, 0) is 9.59 Å². The Morgan fingerprint density at radius 2 is 1.15 bits per heavy atom. The highest BCUT2D eigenvalue weighted by molar-refractivity contribution is 8.76. The summed E-state index contributed by atoms with van der Waals surface area (Å²) >= 11 is 0. The van der Waals surface area contributed by atoms with Crippen molar-refractivity contribution in [3.63, 3.8) is 0 Å². The van der Waals surface area contributed by atoms with E-state index >= 15 is 0 Å². The fourth-order valence-corrected chi connectivity index (χ4v) is 4.70. The second-order valence-electron chi connectivity index (χ2n) is 5.87. The predicted octanol–water partition coefficient (Wildman–Crippen LogP) is 5.80. The third-order valence-electron chi connectivity index (χ3n) is 3.86. The van der Waals surface area contributed by atoms with Gasteiger partial charge in [-0.2, -0.15) is 0 Å². The molecule has 2 rings (SSSR count). The highest BCUT2D eigenvalue weighted by Crippen LogP contribution is 2.45. The number of rotatable bonds is 7. The van der Waals surface area contributed by atoms with Crippen molar-refractivity contribution in [3.8, 4) is 0 Å². The van der Waals surface area contributed by atoms with Crippen LogP contribution in [-0.4, -0.2) is 11.8 Å². The van der Waals surface area contributed by atoms with Crippen molar-refractivity contribution in [1.29, 1.82) is 0 Å². The zero-order chi connectivity index (χ0) is 19.1. The molecule has 26 heavy (non-hydrogen) atoms. The normalized spacial score (nSPS) is 10.5. The Morgan fingerprint density at radius 3 is 1.50 bits per heavy atom. The van der Waals surface area contributed by atoms with Gasteiger partial charge in [-0.1, -0.05) is 59.7 Å². The molecular weight excluding hydrogens is 364 g/mol. The fourth-order valence-electron chi connectivity index (χ4n) is 2.29. The fraction of sp³-hybridized carbons (Fsp3) is 0.300. The van der Waals surface area contributed by atoms with Crippen molar-refractivity contribution < 1.29 is 9.59 Å². The second kappa shape index (κ2) is 9.69. The molecule has 0 heterocycles. The molecule has 0 aliphatic heterocycles. The molecule has 138 valence electrons. The second-order valence-corrected chi connectivity index (χ2v) is 8.08. The number of benzene rings is 2. The number of nitrogens with one attached hydrogen (secondary N) is 2. The van der Waals surface area contributed by atoms with E-state index in [0.717, 1.165) is 32.3 Å². The smallest absolute Gasteiger partial charge is 0.224 e. The van der Waals surface area contributed by atoms with Gasteiger partial charge in [-0.15, -0.1) is 0 Å². The average molecular weight is 389 g/mol. The Balaban J connectivity index is 2.24. The van der Waals surface area contributed by atoms with Gasteiger partial charge in [0.1, 0.15) is 0 Å². The summed E-state index contributed by atoms with van der Waals surface area (Å²) in [6, 6.07) is 11.9. The molecule has 0 unspecified atom stereocenters. The van der Waals surface area contributed by atoms with Crippen LogP contribution in [0.4, 0.5) is 11.4 Å². The number of para-hydroxylation sites is 2. The van der Waals surface area contributed by atoms with E-state index in [4.69, 9.17) is 0 Å². The zero-order valence-corrected chi connectivity index (χ0v) is 17.1. The van der Waals surface area contributed by atoms with Gasteiger partial charge in [0, 0.05) is 22.6 Å². The van der Waals surface area contributed by atoms with Crippen molar-refractivity contribution in [2.75, 3.05) is 10.6 Å². The summed E-state index contributed by atoms with van der Waals surface area (Å²) < 4.78 is 0. The highest BCUT2D eigenvalue weighted by Gasteiger charge is 2.13. The van der Waals surface area contributed by atoms with Crippen molar-refractivity contribution in [3.05, 3.63) is 47.5 Å². The van der Waals surface area contributed by atoms with Crippen LogP contribution in [0.1, 0.15) is 37.8 Å². The third kappa shape index (κ3) is 5.29. The van der Waals surface area contributed by atoms with E-state index in [0.29, 0.717) is 12.8 Å². The molecule has 0 fully saturated rings. The van der Waals surface area contributed by atoms with Crippen molar-refractivity contribution in [1.82, 2.24) is 0 Å². The number of anilines is 2. The molecular formula is C20H24N2O2S2. The van der Waals surface area contributed by atoms with Gasteiger partial charge in [0.05, 0.1) is 11.4 Å². The first-order chi connectivity index (χ1) is 12.5. The molecule has 2 aromatic rings. The summed E-state index contributed by atoms with van der Waals surface area (Å²) in [6.45, 7) is 7.65. The molecule has 4 nitrogen and oxygen atoms in total. The molecule has 6 heteroatoms. The summed E-state index contributed by atoms with van der Waals surface area (Å²) in [5.41, 5.74) is 3.76. The maximum atomic E-state index is 11.8. The summed E-state index contributed by atoms with van der Waals surface area (Å²) in [6.07, 6.45) is 0.882. The first kappa shape index (κ1) is 20.4. The lowest BCUT2D eigenvalue weighted by Crippen LogP contribution is -2.11. The minimum atomic E-state index is -0.00222. The van der Waals surface area contributed by atoms with Gasteiger partial charge in [-0.3, -0.25) is 9.59 Å². The van der Waals surface area contributed by atoms with Gasteiger partial charge in [-0.25, -0.2) is 0 Å². The average Bonchev–Trinajstić information content (AvgIpc) is 2.64.